The molecule has 0 aliphatic carbocycles. The average molecular weight is 209 g/mol. The summed E-state index contributed by atoms with van der Waals surface area (Å²) in [5.41, 5.74) is 6.27. The second-order valence-electron chi connectivity index (χ2n) is 2.87. The predicted molar refractivity (Wildman–Crippen MR) is 55.0 cm³/mol. The van der Waals surface area contributed by atoms with E-state index in [-0.39, 0.29) is 0 Å². The molecule has 72 valence electrons. The Morgan fingerprint density at radius 2 is 2.29 bits per heavy atom. The van der Waals surface area contributed by atoms with E-state index in [0.717, 1.165) is 5.69 Å². The second-order valence-corrected chi connectivity index (χ2v) is 3.28. The van der Waals surface area contributed by atoms with Gasteiger partial charge in [-0.1, -0.05) is 11.6 Å². The van der Waals surface area contributed by atoms with Crippen molar-refractivity contribution in [2.75, 3.05) is 5.73 Å². The van der Waals surface area contributed by atoms with Crippen LogP contribution in [0.5, 0.6) is 0 Å². The normalized spacial score (nSPS) is 10.4. The van der Waals surface area contributed by atoms with Crippen LogP contribution in [0.4, 0.5) is 5.82 Å². The van der Waals surface area contributed by atoms with Gasteiger partial charge in [0.05, 0.1) is 17.3 Å². The van der Waals surface area contributed by atoms with Crippen molar-refractivity contribution in [3.63, 3.8) is 0 Å². The van der Waals surface area contributed by atoms with Gasteiger partial charge in [0.1, 0.15) is 5.82 Å². The van der Waals surface area contributed by atoms with Crippen molar-refractivity contribution in [2.45, 2.75) is 6.54 Å². The quantitative estimate of drug-likeness (QED) is 0.815. The molecule has 0 aliphatic rings. The number of nitrogens with zero attached hydrogens (tertiary/aromatic N) is 3. The average Bonchev–Trinajstić information content (AvgIpc) is 2.56. The maximum atomic E-state index is 5.95. The highest BCUT2D eigenvalue weighted by atomic mass is 35.5. The summed E-state index contributed by atoms with van der Waals surface area (Å²) in [7, 11) is 0. The Bertz CT molecular complexity index is 438. The summed E-state index contributed by atoms with van der Waals surface area (Å²) >= 11 is 5.95. The van der Waals surface area contributed by atoms with Crippen LogP contribution in [0.1, 0.15) is 5.69 Å². The van der Waals surface area contributed by atoms with Crippen molar-refractivity contribution in [3.05, 3.63) is 41.3 Å². The Kier molecular flexibility index (Phi) is 2.37. The van der Waals surface area contributed by atoms with E-state index in [0.29, 0.717) is 17.4 Å². The van der Waals surface area contributed by atoms with Crippen LogP contribution in [0.2, 0.25) is 5.02 Å². The maximum absolute atomic E-state index is 5.95. The Balaban J connectivity index is 2.23. The lowest BCUT2D eigenvalue weighted by molar-refractivity contribution is 0.676. The number of anilines is 1. The number of halogens is 1. The van der Waals surface area contributed by atoms with Crippen LogP contribution in [0.3, 0.4) is 0 Å². The van der Waals surface area contributed by atoms with E-state index in [2.05, 4.69) is 10.1 Å². The highest BCUT2D eigenvalue weighted by molar-refractivity contribution is 6.31. The van der Waals surface area contributed by atoms with E-state index < -0.39 is 0 Å². The smallest absolute Gasteiger partial charge is 0.145 e. The van der Waals surface area contributed by atoms with Crippen molar-refractivity contribution >= 4 is 17.4 Å². The summed E-state index contributed by atoms with van der Waals surface area (Å²) in [5, 5.41) is 4.68. The van der Waals surface area contributed by atoms with Crippen LogP contribution in [-0.4, -0.2) is 14.8 Å². The number of aromatic nitrogens is 3. The monoisotopic (exact) mass is 208 g/mol. The Labute approximate surface area is 86.3 Å². The fourth-order valence-electron chi connectivity index (χ4n) is 1.15. The molecule has 2 rings (SSSR count). The van der Waals surface area contributed by atoms with Crippen LogP contribution < -0.4 is 5.73 Å². The highest BCUT2D eigenvalue weighted by Crippen LogP contribution is 2.13. The van der Waals surface area contributed by atoms with Crippen molar-refractivity contribution < 1.29 is 0 Å². The van der Waals surface area contributed by atoms with Crippen LogP contribution in [0.25, 0.3) is 0 Å². The summed E-state index contributed by atoms with van der Waals surface area (Å²) in [6.07, 6.45) is 3.49. The van der Waals surface area contributed by atoms with Crippen LogP contribution in [-0.2, 0) is 6.54 Å². The molecule has 2 aromatic heterocycles. The molecular formula is C9H9ClN4. The van der Waals surface area contributed by atoms with Gasteiger partial charge in [0, 0.05) is 12.4 Å². The number of hydrogen-bond acceptors (Lipinski definition) is 3. The molecule has 0 bridgehead atoms. The zero-order chi connectivity index (χ0) is 9.97. The van der Waals surface area contributed by atoms with E-state index in [9.17, 15) is 0 Å². The molecule has 0 aliphatic heterocycles. The second kappa shape index (κ2) is 3.67. The first kappa shape index (κ1) is 9.02. The van der Waals surface area contributed by atoms with E-state index in [1.165, 1.54) is 0 Å². The lowest BCUT2D eigenvalue weighted by atomic mass is 10.3. The molecule has 2 N–H and O–H groups in total. The van der Waals surface area contributed by atoms with Gasteiger partial charge in [-0.05, 0) is 18.2 Å². The lowest BCUT2D eigenvalue weighted by Crippen LogP contribution is -2.03. The van der Waals surface area contributed by atoms with Gasteiger partial charge in [0.25, 0.3) is 0 Å². The minimum atomic E-state index is 0.497. The molecule has 0 saturated heterocycles. The molecule has 14 heavy (non-hydrogen) atoms. The predicted octanol–water partition coefficient (Wildman–Crippen LogP) is 1.56. The fraction of sp³-hybridized carbons (Fsp3) is 0.111. The maximum Gasteiger partial charge on any atom is 0.145 e. The molecule has 0 amide bonds. The summed E-state index contributed by atoms with van der Waals surface area (Å²) in [5.74, 6) is 0.497. The van der Waals surface area contributed by atoms with Gasteiger partial charge in [-0.15, -0.1) is 0 Å². The van der Waals surface area contributed by atoms with Crippen molar-refractivity contribution in [3.8, 4) is 0 Å². The molecule has 2 heterocycles. The van der Waals surface area contributed by atoms with Crippen LogP contribution in [0, 0.1) is 0 Å². The van der Waals surface area contributed by atoms with Gasteiger partial charge in [-0.3, -0.25) is 9.67 Å². The zero-order valence-electron chi connectivity index (χ0n) is 7.39. The van der Waals surface area contributed by atoms with Crippen molar-refractivity contribution in [1.82, 2.24) is 14.8 Å². The highest BCUT2D eigenvalue weighted by Gasteiger charge is 2.02. The molecule has 0 saturated carbocycles. The largest absolute Gasteiger partial charge is 0.382 e. The number of hydrogen-bond donors (Lipinski definition) is 1. The topological polar surface area (TPSA) is 56.7 Å². The third-order valence-corrected chi connectivity index (χ3v) is 2.15. The number of pyridine rings is 1. The van der Waals surface area contributed by atoms with Gasteiger partial charge < -0.3 is 5.73 Å². The summed E-state index contributed by atoms with van der Waals surface area (Å²) in [6, 6.07) is 5.33. The van der Waals surface area contributed by atoms with Crippen LogP contribution in [0.15, 0.2) is 30.6 Å². The van der Waals surface area contributed by atoms with E-state index in [1.807, 2.05) is 0 Å². The van der Waals surface area contributed by atoms with E-state index in [4.69, 9.17) is 17.3 Å². The molecule has 0 unspecified atom stereocenters. The summed E-state index contributed by atoms with van der Waals surface area (Å²) in [6.45, 7) is 0.539. The number of rotatable bonds is 2. The van der Waals surface area contributed by atoms with Gasteiger partial charge in [-0.2, -0.15) is 5.10 Å². The Hall–Kier alpha value is -1.55. The SMILES string of the molecule is Nc1ccn(Cc2ncccc2Cl)n1. The number of nitrogen functional groups attached to an aromatic ring is 1. The molecule has 0 radical (unpaired) electrons. The first-order valence-electron chi connectivity index (χ1n) is 4.14. The van der Waals surface area contributed by atoms with Crippen molar-refractivity contribution in [2.24, 2.45) is 0 Å². The Morgan fingerprint density at radius 1 is 1.43 bits per heavy atom. The minimum absolute atomic E-state index is 0.497. The number of nitrogens with two attached hydrogens (primary N) is 1. The van der Waals surface area contributed by atoms with E-state index >= 15 is 0 Å². The van der Waals surface area contributed by atoms with Gasteiger partial charge >= 0.3 is 0 Å². The first-order valence-corrected chi connectivity index (χ1v) is 4.52. The van der Waals surface area contributed by atoms with Crippen LogP contribution >= 0.6 is 11.6 Å². The third kappa shape index (κ3) is 1.85. The molecule has 5 heteroatoms. The molecule has 0 spiro atoms. The Morgan fingerprint density at radius 3 is 2.93 bits per heavy atom. The third-order valence-electron chi connectivity index (χ3n) is 1.81. The first-order chi connectivity index (χ1) is 6.75. The summed E-state index contributed by atoms with van der Waals surface area (Å²) in [4.78, 5) is 4.15. The fourth-order valence-corrected chi connectivity index (χ4v) is 1.33. The molecular weight excluding hydrogens is 200 g/mol. The van der Waals surface area contributed by atoms with E-state index in [1.54, 1.807) is 35.3 Å². The van der Waals surface area contributed by atoms with Crippen molar-refractivity contribution in [1.29, 1.82) is 0 Å². The molecule has 2 aromatic rings. The lowest BCUT2D eigenvalue weighted by Gasteiger charge is -2.02. The standard InChI is InChI=1S/C9H9ClN4/c10-7-2-1-4-12-8(7)6-14-5-3-9(11)13-14/h1-5H,6H2,(H2,11,13). The zero-order valence-corrected chi connectivity index (χ0v) is 8.15. The molecule has 0 atom stereocenters. The van der Waals surface area contributed by atoms with Gasteiger partial charge in [-0.25, -0.2) is 0 Å². The molecule has 4 nitrogen and oxygen atoms in total. The molecule has 0 aromatic carbocycles. The molecule has 0 fully saturated rings. The van der Waals surface area contributed by atoms with Gasteiger partial charge in [0.2, 0.25) is 0 Å². The minimum Gasteiger partial charge on any atom is -0.382 e. The summed E-state index contributed by atoms with van der Waals surface area (Å²) < 4.78 is 1.70. The van der Waals surface area contributed by atoms with Gasteiger partial charge in [0.15, 0.2) is 0 Å².